The van der Waals surface area contributed by atoms with Crippen molar-refractivity contribution in [2.75, 3.05) is 5.73 Å². The standard InChI is InChI=1S/C7H9N5/c8-5-1-3-6(4-2-5)11-12-7(9)10/h1-4H,8H2,(H3,9,10). The van der Waals surface area contributed by atoms with Crippen LogP contribution < -0.4 is 11.5 Å². The number of nitrogen functional groups attached to an aromatic ring is 1. The first kappa shape index (κ1) is 8.19. The SMILES string of the molecule is N=C(N)N=Nc1ccc(N)cc1. The molecule has 0 heterocycles. The molecule has 62 valence electrons. The van der Waals surface area contributed by atoms with Gasteiger partial charge < -0.3 is 11.5 Å². The normalized spacial score (nSPS) is 10.3. The summed E-state index contributed by atoms with van der Waals surface area (Å²) in [4.78, 5) is 0. The van der Waals surface area contributed by atoms with Crippen LogP contribution in [0.25, 0.3) is 0 Å². The summed E-state index contributed by atoms with van der Waals surface area (Å²) in [7, 11) is 0. The Kier molecular flexibility index (Phi) is 2.37. The van der Waals surface area contributed by atoms with Crippen molar-refractivity contribution in [3.8, 4) is 0 Å². The van der Waals surface area contributed by atoms with Gasteiger partial charge in [0.1, 0.15) is 0 Å². The van der Waals surface area contributed by atoms with Gasteiger partial charge in [0.05, 0.1) is 5.69 Å². The number of guanidine groups is 1. The third-order valence-corrected chi connectivity index (χ3v) is 1.17. The highest BCUT2D eigenvalue weighted by atomic mass is 15.2. The predicted octanol–water partition coefficient (Wildman–Crippen LogP) is 1.25. The summed E-state index contributed by atoms with van der Waals surface area (Å²) >= 11 is 0. The maximum atomic E-state index is 6.78. The highest BCUT2D eigenvalue weighted by molar-refractivity contribution is 5.74. The van der Waals surface area contributed by atoms with Crippen LogP contribution in [0.5, 0.6) is 0 Å². The molecule has 12 heavy (non-hydrogen) atoms. The minimum Gasteiger partial charge on any atom is -0.399 e. The summed E-state index contributed by atoms with van der Waals surface area (Å²) in [5, 5.41) is 13.8. The van der Waals surface area contributed by atoms with Crippen LogP contribution in [-0.2, 0) is 0 Å². The third-order valence-electron chi connectivity index (χ3n) is 1.17. The molecule has 5 N–H and O–H groups in total. The second-order valence-corrected chi connectivity index (χ2v) is 2.18. The zero-order chi connectivity index (χ0) is 8.97. The quantitative estimate of drug-likeness (QED) is 0.251. The van der Waals surface area contributed by atoms with E-state index in [4.69, 9.17) is 16.9 Å². The van der Waals surface area contributed by atoms with Crippen molar-refractivity contribution >= 4 is 17.3 Å². The van der Waals surface area contributed by atoms with Gasteiger partial charge in [0.15, 0.2) is 0 Å². The van der Waals surface area contributed by atoms with Gasteiger partial charge in [-0.05, 0) is 24.3 Å². The van der Waals surface area contributed by atoms with Crippen LogP contribution in [0.2, 0.25) is 0 Å². The minimum atomic E-state index is -0.313. The van der Waals surface area contributed by atoms with E-state index in [1.54, 1.807) is 24.3 Å². The largest absolute Gasteiger partial charge is 0.399 e. The molecule has 0 unspecified atom stereocenters. The summed E-state index contributed by atoms with van der Waals surface area (Å²) in [6, 6.07) is 6.80. The van der Waals surface area contributed by atoms with E-state index in [2.05, 4.69) is 10.2 Å². The van der Waals surface area contributed by atoms with E-state index < -0.39 is 0 Å². The first-order chi connectivity index (χ1) is 5.68. The van der Waals surface area contributed by atoms with Crippen molar-refractivity contribution in [3.05, 3.63) is 24.3 Å². The van der Waals surface area contributed by atoms with Gasteiger partial charge in [-0.25, -0.2) is 0 Å². The van der Waals surface area contributed by atoms with Gasteiger partial charge in [-0.3, -0.25) is 5.41 Å². The maximum absolute atomic E-state index is 6.78. The monoisotopic (exact) mass is 163 g/mol. The van der Waals surface area contributed by atoms with Crippen molar-refractivity contribution in [3.63, 3.8) is 0 Å². The van der Waals surface area contributed by atoms with Crippen molar-refractivity contribution in [2.24, 2.45) is 16.0 Å². The van der Waals surface area contributed by atoms with Gasteiger partial charge in [-0.1, -0.05) is 0 Å². The highest BCUT2D eigenvalue weighted by Gasteiger charge is 1.88. The Labute approximate surface area is 69.6 Å². The lowest BCUT2D eigenvalue weighted by atomic mass is 10.3. The Balaban J connectivity index is 2.77. The summed E-state index contributed by atoms with van der Waals surface area (Å²) in [6.45, 7) is 0. The fraction of sp³-hybridized carbons (Fsp3) is 0. The molecule has 0 atom stereocenters. The molecule has 0 fully saturated rings. The van der Waals surface area contributed by atoms with E-state index >= 15 is 0 Å². The predicted molar refractivity (Wildman–Crippen MR) is 47.3 cm³/mol. The molecular weight excluding hydrogens is 154 g/mol. The molecule has 5 nitrogen and oxygen atoms in total. The second kappa shape index (κ2) is 3.47. The molecule has 0 aliphatic heterocycles. The second-order valence-electron chi connectivity index (χ2n) is 2.18. The number of azo groups is 1. The third kappa shape index (κ3) is 2.37. The van der Waals surface area contributed by atoms with E-state index in [-0.39, 0.29) is 5.96 Å². The van der Waals surface area contributed by atoms with Crippen molar-refractivity contribution in [1.29, 1.82) is 5.41 Å². The van der Waals surface area contributed by atoms with Gasteiger partial charge in [-0.15, -0.1) is 10.2 Å². The van der Waals surface area contributed by atoms with Crippen molar-refractivity contribution < 1.29 is 0 Å². The highest BCUT2D eigenvalue weighted by Crippen LogP contribution is 2.13. The first-order valence-corrected chi connectivity index (χ1v) is 3.30. The number of hydrogen-bond donors (Lipinski definition) is 3. The number of anilines is 1. The molecule has 0 aromatic heterocycles. The fourth-order valence-corrected chi connectivity index (χ4v) is 0.653. The van der Waals surface area contributed by atoms with E-state index in [1.807, 2.05) is 0 Å². The molecule has 0 saturated heterocycles. The number of nitrogens with one attached hydrogen (secondary N) is 1. The summed E-state index contributed by atoms with van der Waals surface area (Å²) in [5.74, 6) is -0.313. The van der Waals surface area contributed by atoms with E-state index in [0.29, 0.717) is 11.4 Å². The Morgan fingerprint density at radius 1 is 1.25 bits per heavy atom. The average Bonchev–Trinajstić information content (AvgIpc) is 2.03. The molecule has 0 amide bonds. The molecule has 0 spiro atoms. The Bertz CT molecular complexity index is 300. The zero-order valence-corrected chi connectivity index (χ0v) is 6.36. The Morgan fingerprint density at radius 2 is 1.83 bits per heavy atom. The molecule has 1 rings (SSSR count). The maximum Gasteiger partial charge on any atom is 0.232 e. The van der Waals surface area contributed by atoms with Crippen LogP contribution in [0, 0.1) is 5.41 Å². The van der Waals surface area contributed by atoms with Crippen LogP contribution in [0.3, 0.4) is 0 Å². The van der Waals surface area contributed by atoms with Gasteiger partial charge in [0.2, 0.25) is 5.96 Å². The topological polar surface area (TPSA) is 101 Å². The van der Waals surface area contributed by atoms with Crippen LogP contribution in [0.1, 0.15) is 0 Å². The molecule has 0 aliphatic carbocycles. The van der Waals surface area contributed by atoms with Crippen LogP contribution in [0.4, 0.5) is 11.4 Å². The van der Waals surface area contributed by atoms with Crippen LogP contribution >= 0.6 is 0 Å². The molecular formula is C7H9N5. The van der Waals surface area contributed by atoms with Gasteiger partial charge in [0, 0.05) is 5.69 Å². The summed E-state index contributed by atoms with van der Waals surface area (Å²) < 4.78 is 0. The van der Waals surface area contributed by atoms with Crippen molar-refractivity contribution in [1.82, 2.24) is 0 Å². The van der Waals surface area contributed by atoms with Gasteiger partial charge in [-0.2, -0.15) is 0 Å². The van der Waals surface area contributed by atoms with Gasteiger partial charge >= 0.3 is 0 Å². The minimum absolute atomic E-state index is 0.313. The lowest BCUT2D eigenvalue weighted by Gasteiger charge is -1.92. The number of rotatable bonds is 1. The number of benzene rings is 1. The van der Waals surface area contributed by atoms with Crippen LogP contribution in [0.15, 0.2) is 34.5 Å². The Hall–Kier alpha value is -1.91. The lowest BCUT2D eigenvalue weighted by molar-refractivity contribution is 1.22. The first-order valence-electron chi connectivity index (χ1n) is 3.30. The molecule has 1 aromatic rings. The van der Waals surface area contributed by atoms with Gasteiger partial charge in [0.25, 0.3) is 0 Å². The number of nitrogens with zero attached hydrogens (tertiary/aromatic N) is 2. The smallest absolute Gasteiger partial charge is 0.232 e. The molecule has 1 aromatic carbocycles. The van der Waals surface area contributed by atoms with E-state index in [0.717, 1.165) is 0 Å². The number of hydrogen-bond acceptors (Lipinski definition) is 3. The van der Waals surface area contributed by atoms with E-state index in [9.17, 15) is 0 Å². The summed E-state index contributed by atoms with van der Waals surface area (Å²) in [6.07, 6.45) is 0. The van der Waals surface area contributed by atoms with Crippen molar-refractivity contribution in [2.45, 2.75) is 0 Å². The lowest BCUT2D eigenvalue weighted by Crippen LogP contribution is -2.03. The number of nitrogens with two attached hydrogens (primary N) is 2. The molecule has 0 saturated carbocycles. The molecule has 0 bridgehead atoms. The summed E-state index contributed by atoms with van der Waals surface area (Å²) in [5.41, 5.74) is 11.7. The molecule has 0 aliphatic rings. The molecule has 5 heteroatoms. The average molecular weight is 163 g/mol. The molecule has 0 radical (unpaired) electrons. The Morgan fingerprint density at radius 3 is 2.33 bits per heavy atom. The zero-order valence-electron chi connectivity index (χ0n) is 6.36. The van der Waals surface area contributed by atoms with Crippen LogP contribution in [-0.4, -0.2) is 5.96 Å². The van der Waals surface area contributed by atoms with E-state index in [1.165, 1.54) is 0 Å². The fourth-order valence-electron chi connectivity index (χ4n) is 0.653.